The van der Waals surface area contributed by atoms with E-state index in [0.717, 1.165) is 0 Å². The van der Waals surface area contributed by atoms with Gasteiger partial charge >= 0.3 is 157 Å². The SMILES string of the molecule is O=C(O)O.[CaH2].[CaH2].[CaH2].[CaH2]. The number of hydrogen-bond acceptors (Lipinski definition) is 1. The van der Waals surface area contributed by atoms with Gasteiger partial charge < -0.3 is 10.2 Å². The molecule has 0 saturated carbocycles. The second kappa shape index (κ2) is 22.5. The van der Waals surface area contributed by atoms with E-state index < -0.39 is 6.16 Å². The van der Waals surface area contributed by atoms with Crippen LogP contribution in [-0.2, 0) is 0 Å². The van der Waals surface area contributed by atoms with Crippen molar-refractivity contribution in [2.24, 2.45) is 0 Å². The Morgan fingerprint density at radius 1 is 0.875 bits per heavy atom. The van der Waals surface area contributed by atoms with E-state index in [2.05, 4.69) is 0 Å². The Hall–Kier alpha value is 4.31. The van der Waals surface area contributed by atoms with Gasteiger partial charge in [-0.2, -0.15) is 0 Å². The fourth-order valence-corrected chi connectivity index (χ4v) is 0. The van der Waals surface area contributed by atoms with Crippen LogP contribution in [0.4, 0.5) is 4.79 Å². The molecule has 0 unspecified atom stereocenters. The topological polar surface area (TPSA) is 57.5 Å². The van der Waals surface area contributed by atoms with Gasteiger partial charge in [0, 0.05) is 0 Å². The van der Waals surface area contributed by atoms with Crippen LogP contribution < -0.4 is 0 Å². The Labute approximate surface area is 167 Å². The molecule has 0 heterocycles. The fraction of sp³-hybridized carbons (Fsp3) is 0. The van der Waals surface area contributed by atoms with Crippen LogP contribution in [0.5, 0.6) is 0 Å². The first-order valence-corrected chi connectivity index (χ1v) is 0.651. The first-order chi connectivity index (χ1) is 1.73. The molecule has 0 aromatic carbocycles. The van der Waals surface area contributed by atoms with Gasteiger partial charge in [0.05, 0.1) is 0 Å². The molecule has 0 fully saturated rings. The van der Waals surface area contributed by atoms with Crippen molar-refractivity contribution in [2.75, 3.05) is 0 Å². The molecule has 0 amide bonds. The van der Waals surface area contributed by atoms with Crippen LogP contribution in [0.1, 0.15) is 0 Å². The number of carbonyl (C=O) groups is 1. The van der Waals surface area contributed by atoms with Gasteiger partial charge in [0.25, 0.3) is 0 Å². The summed E-state index contributed by atoms with van der Waals surface area (Å²) in [5.74, 6) is 0. The van der Waals surface area contributed by atoms with E-state index in [1.807, 2.05) is 0 Å². The van der Waals surface area contributed by atoms with Gasteiger partial charge in [-0.25, -0.2) is 4.79 Å². The molecule has 40 valence electrons. The molecule has 8 heavy (non-hydrogen) atoms. The van der Waals surface area contributed by atoms with E-state index in [0.29, 0.717) is 0 Å². The third kappa shape index (κ3) is 48.1. The molecule has 0 aliphatic rings. The summed E-state index contributed by atoms with van der Waals surface area (Å²) in [5, 5.41) is 13.9. The quantitative estimate of drug-likeness (QED) is 0.426. The van der Waals surface area contributed by atoms with Crippen molar-refractivity contribution in [3.05, 3.63) is 0 Å². The summed E-state index contributed by atoms with van der Waals surface area (Å²) < 4.78 is 0. The van der Waals surface area contributed by atoms with Crippen LogP contribution in [0.3, 0.4) is 0 Å². The summed E-state index contributed by atoms with van der Waals surface area (Å²) >= 11 is 0. The number of hydrogen-bond donors (Lipinski definition) is 2. The summed E-state index contributed by atoms with van der Waals surface area (Å²) in [4.78, 5) is 8.56. The van der Waals surface area contributed by atoms with Crippen molar-refractivity contribution >= 4 is 157 Å². The average molecular weight is 230 g/mol. The molecule has 0 bridgehead atoms. The molecule has 0 rings (SSSR count). The maximum atomic E-state index is 8.56. The monoisotopic (exact) mass is 230 g/mol. The molecule has 0 spiro atoms. The molecular weight excluding hydrogens is 220 g/mol. The molecule has 2 N–H and O–H groups in total. The summed E-state index contributed by atoms with van der Waals surface area (Å²) in [6.45, 7) is 0. The van der Waals surface area contributed by atoms with Crippen LogP contribution in [0, 0.1) is 0 Å². The Balaban J connectivity index is -0.00000000750. The number of rotatable bonds is 0. The fourth-order valence-electron chi connectivity index (χ4n) is 0. The van der Waals surface area contributed by atoms with Gasteiger partial charge in [-0.3, -0.25) is 0 Å². The zero-order valence-electron chi connectivity index (χ0n) is 1.80. The van der Waals surface area contributed by atoms with Crippen LogP contribution in [0.25, 0.3) is 0 Å². The molecular formula is CH10Ca4O3. The predicted molar refractivity (Wildman–Crippen MR) is 44.8 cm³/mol. The molecule has 0 aromatic rings. The van der Waals surface area contributed by atoms with E-state index in [9.17, 15) is 0 Å². The van der Waals surface area contributed by atoms with Crippen molar-refractivity contribution in [3.63, 3.8) is 0 Å². The van der Waals surface area contributed by atoms with Crippen molar-refractivity contribution in [1.82, 2.24) is 0 Å². The standard InChI is InChI=1S/CH2O3.4Ca.8H/c2-1(3)4;;;;;;;;;;;;/h(H2,2,3,4);;;;;;;;;;;;. The summed E-state index contributed by atoms with van der Waals surface area (Å²) in [5.41, 5.74) is 0. The summed E-state index contributed by atoms with van der Waals surface area (Å²) in [6.07, 6.45) is -1.83. The molecule has 0 saturated heterocycles. The molecule has 0 aliphatic heterocycles. The Bertz CT molecular complexity index is 34.3. The molecule has 0 aliphatic carbocycles. The second-order valence-corrected chi connectivity index (χ2v) is 0.283. The van der Waals surface area contributed by atoms with Gasteiger partial charge in [0.15, 0.2) is 0 Å². The maximum absolute atomic E-state index is 8.56. The van der Waals surface area contributed by atoms with Crippen molar-refractivity contribution < 1.29 is 15.0 Å². The van der Waals surface area contributed by atoms with Crippen LogP contribution in [-0.4, -0.2) is 167 Å². The van der Waals surface area contributed by atoms with Crippen molar-refractivity contribution in [3.8, 4) is 0 Å². The van der Waals surface area contributed by atoms with E-state index >= 15 is 0 Å². The average Bonchev–Trinajstić information content (AvgIpc) is 0.811. The van der Waals surface area contributed by atoms with Crippen molar-refractivity contribution in [1.29, 1.82) is 0 Å². The van der Waals surface area contributed by atoms with E-state index in [4.69, 9.17) is 15.0 Å². The third-order valence-electron chi connectivity index (χ3n) is 0. The third-order valence-corrected chi connectivity index (χ3v) is 0. The summed E-state index contributed by atoms with van der Waals surface area (Å²) in [7, 11) is 0. The van der Waals surface area contributed by atoms with Gasteiger partial charge in [0.1, 0.15) is 0 Å². The van der Waals surface area contributed by atoms with Gasteiger partial charge in [-0.15, -0.1) is 0 Å². The van der Waals surface area contributed by atoms with Gasteiger partial charge in [-0.05, 0) is 0 Å². The first-order valence-electron chi connectivity index (χ1n) is 0.651. The first kappa shape index (κ1) is 29.5. The second-order valence-electron chi connectivity index (χ2n) is 0.283. The molecule has 0 atom stereocenters. The summed E-state index contributed by atoms with van der Waals surface area (Å²) in [6, 6.07) is 0. The van der Waals surface area contributed by atoms with Crippen LogP contribution >= 0.6 is 0 Å². The Morgan fingerprint density at radius 2 is 0.875 bits per heavy atom. The minimum atomic E-state index is -1.83. The van der Waals surface area contributed by atoms with E-state index in [1.165, 1.54) is 0 Å². The Morgan fingerprint density at radius 3 is 0.875 bits per heavy atom. The van der Waals surface area contributed by atoms with Crippen LogP contribution in [0.15, 0.2) is 0 Å². The predicted octanol–water partition coefficient (Wildman–Crippen LogP) is -3.44. The molecule has 0 radical (unpaired) electrons. The van der Waals surface area contributed by atoms with E-state index in [1.54, 1.807) is 0 Å². The van der Waals surface area contributed by atoms with E-state index in [-0.39, 0.29) is 151 Å². The molecule has 3 nitrogen and oxygen atoms in total. The van der Waals surface area contributed by atoms with Gasteiger partial charge in [0.2, 0.25) is 0 Å². The zero-order chi connectivity index (χ0) is 3.58. The van der Waals surface area contributed by atoms with Crippen molar-refractivity contribution in [2.45, 2.75) is 0 Å². The molecule has 7 heteroatoms. The molecule has 0 aromatic heterocycles. The number of carboxylic acid groups (broad SMARTS) is 2. The minimum absolute atomic E-state index is 0. The van der Waals surface area contributed by atoms with Crippen LogP contribution in [0.2, 0.25) is 0 Å². The van der Waals surface area contributed by atoms with Gasteiger partial charge in [-0.1, -0.05) is 0 Å². The Kier molecular flexibility index (Phi) is 82.9. The normalized spacial score (nSPS) is 3.00. The zero-order valence-corrected chi connectivity index (χ0v) is 1.80.